The maximum Gasteiger partial charge on any atom is 0.408 e. The van der Waals surface area contributed by atoms with E-state index in [4.69, 9.17) is 29.7 Å². The molecule has 2 aromatic carbocycles. The standard InChI is InChI=1S/C39H38FN5O15/c1-3-38(54)20-9-25-31-18(12-44(25)34(49)19(20)13-57-36(38)52)30-22(6-5-17-15(2)21(40)10-23(42-31)29(17)30)43-37(53)59-28(11-41)16-4-7-27(24(8-16)45(55)56)60-39(35(50)51)33(48)32(47)26(46)14-58-39/h4,7-10,22,26,28,32-33,46-48,54H,3,5-6,11-14,41H2,1-2H3,(H,43,53)(H,50,51)/t22-,26?,28?,32?,33?,38-,39?/m1/s1. The summed E-state index contributed by atoms with van der Waals surface area (Å²) in [6.45, 7) is 1.64. The number of aryl methyl sites for hydroxylation is 1. The number of carboxylic acids is 1. The Hall–Kier alpha value is -6.10. The normalized spacial score (nSPS) is 25.7. The third kappa shape index (κ3) is 6.06. The lowest BCUT2D eigenvalue weighted by molar-refractivity contribution is -0.388. The van der Waals surface area contributed by atoms with E-state index in [9.17, 15) is 54.8 Å². The second kappa shape index (κ2) is 14.6. The van der Waals surface area contributed by atoms with Crippen LogP contribution in [0.3, 0.4) is 0 Å². The van der Waals surface area contributed by atoms with Crippen LogP contribution in [-0.2, 0) is 49.0 Å². The van der Waals surface area contributed by atoms with Crippen LogP contribution in [0.2, 0.25) is 0 Å². The second-order valence-electron chi connectivity index (χ2n) is 15.0. The number of alkyl carbamates (subject to hydrolysis) is 1. The van der Waals surface area contributed by atoms with Crippen molar-refractivity contribution in [3.63, 3.8) is 0 Å². The number of amides is 1. The lowest BCUT2D eigenvalue weighted by Crippen LogP contribution is -2.67. The number of esters is 1. The zero-order chi connectivity index (χ0) is 43.2. The van der Waals surface area contributed by atoms with E-state index < -0.39 is 101 Å². The summed E-state index contributed by atoms with van der Waals surface area (Å²) >= 11 is 0. The lowest BCUT2D eigenvalue weighted by atomic mass is 9.81. The van der Waals surface area contributed by atoms with Gasteiger partial charge in [0.05, 0.1) is 46.6 Å². The van der Waals surface area contributed by atoms with Gasteiger partial charge in [0.1, 0.15) is 30.7 Å². The number of cyclic esters (lactones) is 1. The molecule has 1 saturated heterocycles. The van der Waals surface area contributed by atoms with Gasteiger partial charge in [0.25, 0.3) is 5.56 Å². The first-order chi connectivity index (χ1) is 28.4. The quantitative estimate of drug-likeness (QED) is 0.0622. The molecular weight excluding hydrogens is 797 g/mol. The van der Waals surface area contributed by atoms with Gasteiger partial charge in [-0.15, -0.1) is 0 Å². The van der Waals surface area contributed by atoms with Crippen molar-refractivity contribution in [1.82, 2.24) is 14.9 Å². The molecule has 8 N–H and O–H groups in total. The minimum Gasteiger partial charge on any atom is -0.476 e. The fourth-order valence-corrected chi connectivity index (χ4v) is 8.53. The Labute approximate surface area is 337 Å². The number of nitro groups is 1. The van der Waals surface area contributed by atoms with Crippen molar-refractivity contribution in [2.75, 3.05) is 13.2 Å². The number of hydrogen-bond acceptors (Lipinski definition) is 16. The van der Waals surface area contributed by atoms with E-state index in [1.807, 2.05) is 0 Å². The number of carboxylic acid groups (broad SMARTS) is 1. The number of aliphatic carboxylic acids is 1. The largest absolute Gasteiger partial charge is 0.476 e. The summed E-state index contributed by atoms with van der Waals surface area (Å²) in [7, 11) is 0. The molecular formula is C39H38FN5O15. The van der Waals surface area contributed by atoms with Crippen LogP contribution in [0.5, 0.6) is 5.75 Å². The van der Waals surface area contributed by atoms with E-state index in [0.29, 0.717) is 34.1 Å². The van der Waals surface area contributed by atoms with Crippen molar-refractivity contribution in [3.8, 4) is 17.1 Å². The second-order valence-corrected chi connectivity index (χ2v) is 15.0. The summed E-state index contributed by atoms with van der Waals surface area (Å²) in [5.41, 5.74) is 5.57. The minimum absolute atomic E-state index is 0.0165. The molecule has 21 heteroatoms. The van der Waals surface area contributed by atoms with Crippen LogP contribution >= 0.6 is 0 Å². The number of hydrogen-bond donors (Lipinski definition) is 7. The van der Waals surface area contributed by atoms with Crippen molar-refractivity contribution in [2.45, 2.75) is 88.1 Å². The molecule has 4 aliphatic rings. The molecule has 0 bridgehead atoms. The average molecular weight is 836 g/mol. The van der Waals surface area contributed by atoms with Crippen LogP contribution in [0.25, 0.3) is 22.3 Å². The number of nitrogens with zero attached hydrogens (tertiary/aromatic N) is 3. The van der Waals surface area contributed by atoms with Crippen molar-refractivity contribution < 1.29 is 68.2 Å². The van der Waals surface area contributed by atoms with Gasteiger partial charge in [0.15, 0.2) is 11.7 Å². The molecule has 1 amide bonds. The van der Waals surface area contributed by atoms with Gasteiger partial charge >= 0.3 is 29.5 Å². The first kappa shape index (κ1) is 40.7. The summed E-state index contributed by atoms with van der Waals surface area (Å²) in [5, 5.41) is 67.3. The highest BCUT2D eigenvalue weighted by Gasteiger charge is 2.58. The number of aliphatic hydroxyl groups excluding tert-OH is 3. The number of carbonyl (C=O) groups excluding carboxylic acids is 2. The highest BCUT2D eigenvalue weighted by atomic mass is 19.1. The maximum atomic E-state index is 15.4. The first-order valence-corrected chi connectivity index (χ1v) is 18.8. The average Bonchev–Trinajstić information content (AvgIpc) is 3.59. The van der Waals surface area contributed by atoms with Gasteiger partial charge in [0.2, 0.25) is 5.75 Å². The third-order valence-electron chi connectivity index (χ3n) is 11.8. The number of nitro benzene ring substituents is 1. The molecule has 5 heterocycles. The van der Waals surface area contributed by atoms with Gasteiger partial charge in [-0.3, -0.25) is 14.9 Å². The Kier molecular flexibility index (Phi) is 9.87. The molecule has 1 fully saturated rings. The van der Waals surface area contributed by atoms with Crippen LogP contribution in [0.1, 0.15) is 70.9 Å². The fourth-order valence-electron chi connectivity index (χ4n) is 8.53. The van der Waals surface area contributed by atoms with Gasteiger partial charge in [-0.05, 0) is 55.0 Å². The van der Waals surface area contributed by atoms with Crippen LogP contribution in [-0.4, -0.2) is 95.3 Å². The monoisotopic (exact) mass is 835 g/mol. The topological polar surface area (TPSA) is 305 Å². The number of benzene rings is 2. The van der Waals surface area contributed by atoms with Gasteiger partial charge in [-0.2, -0.15) is 0 Å². The Morgan fingerprint density at radius 1 is 1.18 bits per heavy atom. The van der Waals surface area contributed by atoms with Crippen LogP contribution in [0, 0.1) is 22.9 Å². The van der Waals surface area contributed by atoms with Crippen molar-refractivity contribution in [3.05, 3.63) is 95.6 Å². The number of pyridine rings is 2. The Balaban J connectivity index is 1.12. The van der Waals surface area contributed by atoms with E-state index in [0.717, 1.165) is 12.1 Å². The van der Waals surface area contributed by atoms with Gasteiger partial charge in [-0.25, -0.2) is 23.8 Å². The molecule has 0 spiro atoms. The van der Waals surface area contributed by atoms with E-state index in [1.54, 1.807) is 13.8 Å². The number of halogens is 1. The number of nitrogens with one attached hydrogen (secondary N) is 1. The smallest absolute Gasteiger partial charge is 0.408 e. The molecule has 0 saturated carbocycles. The Bertz CT molecular complexity index is 2600. The summed E-state index contributed by atoms with van der Waals surface area (Å²) < 4.78 is 38.1. The molecule has 0 radical (unpaired) electrons. The summed E-state index contributed by atoms with van der Waals surface area (Å²) in [5.74, 6) is -7.12. The summed E-state index contributed by atoms with van der Waals surface area (Å²) in [4.78, 5) is 68.7. The van der Waals surface area contributed by atoms with Crippen molar-refractivity contribution in [1.29, 1.82) is 0 Å². The molecule has 60 heavy (non-hydrogen) atoms. The summed E-state index contributed by atoms with van der Waals surface area (Å²) in [6, 6.07) is 5.04. The predicted octanol–water partition coefficient (Wildman–Crippen LogP) is 1.12. The van der Waals surface area contributed by atoms with Crippen LogP contribution < -0.4 is 21.3 Å². The molecule has 7 atom stereocenters. The van der Waals surface area contributed by atoms with Crippen LogP contribution in [0.15, 0.2) is 35.1 Å². The van der Waals surface area contributed by atoms with Crippen molar-refractivity contribution >= 4 is 34.6 Å². The first-order valence-electron chi connectivity index (χ1n) is 18.8. The zero-order valence-corrected chi connectivity index (χ0v) is 31.8. The molecule has 5 unspecified atom stereocenters. The maximum absolute atomic E-state index is 15.4. The van der Waals surface area contributed by atoms with E-state index >= 15 is 4.39 Å². The van der Waals surface area contributed by atoms with Gasteiger partial charge in [-0.1, -0.05) is 13.0 Å². The van der Waals surface area contributed by atoms with Crippen molar-refractivity contribution in [2.24, 2.45) is 5.73 Å². The lowest BCUT2D eigenvalue weighted by Gasteiger charge is -2.41. The van der Waals surface area contributed by atoms with Gasteiger partial charge < -0.3 is 60.1 Å². The number of aliphatic hydroxyl groups is 4. The molecule has 316 valence electrons. The predicted molar refractivity (Wildman–Crippen MR) is 200 cm³/mol. The van der Waals surface area contributed by atoms with E-state index in [-0.39, 0.29) is 59.6 Å². The number of aromatic nitrogens is 2. The number of rotatable bonds is 9. The fraction of sp³-hybridized carbons (Fsp3) is 0.410. The highest BCUT2D eigenvalue weighted by molar-refractivity contribution is 5.93. The Morgan fingerprint density at radius 3 is 2.62 bits per heavy atom. The van der Waals surface area contributed by atoms with E-state index in [2.05, 4.69) is 5.32 Å². The highest BCUT2D eigenvalue weighted by Crippen LogP contribution is 2.46. The third-order valence-corrected chi connectivity index (χ3v) is 11.8. The number of fused-ring (bicyclic) bond motifs is 5. The van der Waals surface area contributed by atoms with Crippen LogP contribution in [0.4, 0.5) is 14.9 Å². The summed E-state index contributed by atoms with van der Waals surface area (Å²) in [6.07, 6.45) is -7.96. The molecule has 8 rings (SSSR count). The number of carbonyl (C=O) groups is 3. The van der Waals surface area contributed by atoms with E-state index in [1.165, 1.54) is 22.8 Å². The Morgan fingerprint density at radius 2 is 1.93 bits per heavy atom. The molecule has 20 nitrogen and oxygen atoms in total. The number of nitrogens with two attached hydrogens (primary N) is 1. The molecule has 2 aromatic heterocycles. The minimum atomic E-state index is -3.04. The molecule has 1 aliphatic carbocycles. The SMILES string of the molecule is CC[C@]1(O)C(=O)OCc2c1cc1n(c2=O)Cc2c-1nc1cc(F)c(C)c3c1c2[C@H](NC(=O)OC(CN)c1ccc(OC2(C(=O)O)OCC(O)C(O)C2O)c([N+](=O)[O-])c1)CC3. The van der Waals surface area contributed by atoms with Gasteiger partial charge in [0, 0.05) is 40.8 Å². The molecule has 3 aliphatic heterocycles. The molecule has 4 aromatic rings. The number of ether oxygens (including phenoxy) is 4. The zero-order valence-electron chi connectivity index (χ0n) is 31.8.